The molecule has 0 unspecified atom stereocenters. The fourth-order valence-corrected chi connectivity index (χ4v) is 4.23. The second-order valence-corrected chi connectivity index (χ2v) is 7.01. The highest BCUT2D eigenvalue weighted by atomic mass is 32.1. The highest BCUT2D eigenvalue weighted by molar-refractivity contribution is 7.13. The summed E-state index contributed by atoms with van der Waals surface area (Å²) in [6, 6.07) is 4.38. The molecule has 5 nitrogen and oxygen atoms in total. The van der Waals surface area contributed by atoms with Crippen molar-refractivity contribution in [3.05, 3.63) is 41.2 Å². The van der Waals surface area contributed by atoms with Gasteiger partial charge in [0.15, 0.2) is 5.13 Å². The monoisotopic (exact) mass is 330 g/mol. The SMILES string of the molecule is c1cncc(CN2CCOC[C@H]2c2csc(N3CCCC3)n2)c1. The summed E-state index contributed by atoms with van der Waals surface area (Å²) in [6.07, 6.45) is 6.34. The van der Waals surface area contributed by atoms with Crippen LogP contribution in [0, 0.1) is 0 Å². The van der Waals surface area contributed by atoms with E-state index in [9.17, 15) is 0 Å². The standard InChI is InChI=1S/C17H22N4OS/c1-2-7-20(6-1)17-19-15(13-23-17)16-12-22-9-8-21(16)11-14-4-3-5-18-10-14/h3-5,10,13,16H,1-2,6-9,11-12H2/t16-/m0/s1. The van der Waals surface area contributed by atoms with Crippen molar-refractivity contribution in [1.82, 2.24) is 14.9 Å². The molecule has 0 amide bonds. The van der Waals surface area contributed by atoms with Crippen LogP contribution in [0.1, 0.15) is 30.1 Å². The zero-order chi connectivity index (χ0) is 15.5. The Balaban J connectivity index is 1.50. The van der Waals surface area contributed by atoms with E-state index in [4.69, 9.17) is 9.72 Å². The summed E-state index contributed by atoms with van der Waals surface area (Å²) in [6.45, 7) is 5.65. The van der Waals surface area contributed by atoms with E-state index in [0.29, 0.717) is 0 Å². The maximum absolute atomic E-state index is 5.73. The fourth-order valence-electron chi connectivity index (χ4n) is 3.31. The molecule has 4 heterocycles. The lowest BCUT2D eigenvalue weighted by atomic mass is 10.1. The van der Waals surface area contributed by atoms with Crippen LogP contribution in [-0.4, -0.2) is 47.7 Å². The normalized spacial score (nSPS) is 22.6. The lowest BCUT2D eigenvalue weighted by Crippen LogP contribution is -2.39. The molecule has 0 saturated carbocycles. The van der Waals surface area contributed by atoms with E-state index in [1.165, 1.54) is 23.5 Å². The van der Waals surface area contributed by atoms with Gasteiger partial charge in [-0.25, -0.2) is 4.98 Å². The smallest absolute Gasteiger partial charge is 0.185 e. The van der Waals surface area contributed by atoms with Crippen molar-refractivity contribution in [2.24, 2.45) is 0 Å². The molecule has 122 valence electrons. The molecular formula is C17H22N4OS. The number of hydrogen-bond acceptors (Lipinski definition) is 6. The first kappa shape index (κ1) is 15.1. The van der Waals surface area contributed by atoms with Crippen LogP contribution in [0.15, 0.2) is 29.9 Å². The number of ether oxygens (including phenoxy) is 1. The summed E-state index contributed by atoms with van der Waals surface area (Å²) in [5.74, 6) is 0. The first-order chi connectivity index (χ1) is 11.4. The van der Waals surface area contributed by atoms with Crippen LogP contribution in [0.3, 0.4) is 0 Å². The Morgan fingerprint density at radius 1 is 1.26 bits per heavy atom. The lowest BCUT2D eigenvalue weighted by molar-refractivity contribution is -0.0140. The number of hydrogen-bond donors (Lipinski definition) is 0. The third-order valence-corrected chi connectivity index (χ3v) is 5.50. The zero-order valence-corrected chi connectivity index (χ0v) is 14.0. The Labute approximate surface area is 140 Å². The van der Waals surface area contributed by atoms with Crippen LogP contribution >= 0.6 is 11.3 Å². The Morgan fingerprint density at radius 3 is 3.00 bits per heavy atom. The van der Waals surface area contributed by atoms with Crippen LogP contribution in [0.25, 0.3) is 0 Å². The molecule has 0 N–H and O–H groups in total. The minimum Gasteiger partial charge on any atom is -0.378 e. The molecule has 0 radical (unpaired) electrons. The number of morpholine rings is 1. The highest BCUT2D eigenvalue weighted by Crippen LogP contribution is 2.31. The predicted octanol–water partition coefficient (Wildman–Crippen LogP) is 2.71. The summed E-state index contributed by atoms with van der Waals surface area (Å²) >= 11 is 1.77. The minimum absolute atomic E-state index is 0.247. The lowest BCUT2D eigenvalue weighted by Gasteiger charge is -2.34. The molecule has 2 aliphatic heterocycles. The predicted molar refractivity (Wildman–Crippen MR) is 91.8 cm³/mol. The van der Waals surface area contributed by atoms with Crippen LogP contribution in [0.4, 0.5) is 5.13 Å². The average molecular weight is 330 g/mol. The largest absolute Gasteiger partial charge is 0.378 e. The van der Waals surface area contributed by atoms with Crippen LogP contribution in [0.2, 0.25) is 0 Å². The maximum Gasteiger partial charge on any atom is 0.185 e. The minimum atomic E-state index is 0.247. The quantitative estimate of drug-likeness (QED) is 0.862. The van der Waals surface area contributed by atoms with Crippen molar-refractivity contribution >= 4 is 16.5 Å². The average Bonchev–Trinajstić information content (AvgIpc) is 3.28. The van der Waals surface area contributed by atoms with Crippen molar-refractivity contribution in [3.8, 4) is 0 Å². The highest BCUT2D eigenvalue weighted by Gasteiger charge is 2.27. The Kier molecular flexibility index (Phi) is 4.55. The second-order valence-electron chi connectivity index (χ2n) is 6.17. The van der Waals surface area contributed by atoms with E-state index in [1.54, 1.807) is 11.3 Å². The van der Waals surface area contributed by atoms with Gasteiger partial charge in [-0.15, -0.1) is 11.3 Å². The molecule has 4 rings (SSSR count). The Hall–Kier alpha value is -1.50. The summed E-state index contributed by atoms with van der Waals surface area (Å²) in [5, 5.41) is 3.38. The first-order valence-electron chi connectivity index (χ1n) is 8.31. The molecule has 2 aliphatic rings. The van der Waals surface area contributed by atoms with Gasteiger partial charge in [0.1, 0.15) is 0 Å². The van der Waals surface area contributed by atoms with Crippen molar-refractivity contribution < 1.29 is 4.74 Å². The van der Waals surface area contributed by atoms with Gasteiger partial charge in [0.05, 0.1) is 24.9 Å². The van der Waals surface area contributed by atoms with E-state index in [1.807, 2.05) is 18.5 Å². The van der Waals surface area contributed by atoms with E-state index in [-0.39, 0.29) is 6.04 Å². The van der Waals surface area contributed by atoms with Crippen LogP contribution in [-0.2, 0) is 11.3 Å². The second kappa shape index (κ2) is 6.95. The van der Waals surface area contributed by atoms with Gasteiger partial charge < -0.3 is 9.64 Å². The third-order valence-electron chi connectivity index (χ3n) is 4.58. The summed E-state index contributed by atoms with van der Waals surface area (Å²) in [5.41, 5.74) is 2.40. The van der Waals surface area contributed by atoms with Gasteiger partial charge in [-0.05, 0) is 24.5 Å². The van der Waals surface area contributed by atoms with Crippen LogP contribution in [0.5, 0.6) is 0 Å². The van der Waals surface area contributed by atoms with Crippen molar-refractivity contribution in [2.45, 2.75) is 25.4 Å². The van der Waals surface area contributed by atoms with Crippen LogP contribution < -0.4 is 4.90 Å². The van der Waals surface area contributed by atoms with E-state index in [2.05, 4.69) is 26.2 Å². The summed E-state index contributed by atoms with van der Waals surface area (Å²) in [7, 11) is 0. The molecule has 2 aromatic rings. The molecule has 0 aromatic carbocycles. The van der Waals surface area contributed by atoms with E-state index in [0.717, 1.165) is 45.1 Å². The van der Waals surface area contributed by atoms with Crippen molar-refractivity contribution in [3.63, 3.8) is 0 Å². The zero-order valence-electron chi connectivity index (χ0n) is 13.2. The molecule has 2 saturated heterocycles. The third kappa shape index (κ3) is 3.39. The van der Waals surface area contributed by atoms with Gasteiger partial charge in [-0.1, -0.05) is 6.07 Å². The molecule has 2 aromatic heterocycles. The van der Waals surface area contributed by atoms with Crippen molar-refractivity contribution in [2.75, 3.05) is 37.7 Å². The topological polar surface area (TPSA) is 41.5 Å². The van der Waals surface area contributed by atoms with Crippen molar-refractivity contribution in [1.29, 1.82) is 0 Å². The number of rotatable bonds is 4. The molecule has 23 heavy (non-hydrogen) atoms. The molecular weight excluding hydrogens is 308 g/mol. The molecule has 0 spiro atoms. The fraction of sp³-hybridized carbons (Fsp3) is 0.529. The number of nitrogens with zero attached hydrogens (tertiary/aromatic N) is 4. The first-order valence-corrected chi connectivity index (χ1v) is 9.19. The van der Waals surface area contributed by atoms with Gasteiger partial charge in [-0.2, -0.15) is 0 Å². The summed E-state index contributed by atoms with van der Waals surface area (Å²) < 4.78 is 5.73. The Bertz CT molecular complexity index is 627. The molecule has 0 bridgehead atoms. The van der Waals surface area contributed by atoms with Gasteiger partial charge >= 0.3 is 0 Å². The molecule has 0 aliphatic carbocycles. The van der Waals surface area contributed by atoms with Gasteiger partial charge in [0.25, 0.3) is 0 Å². The summed E-state index contributed by atoms with van der Waals surface area (Å²) in [4.78, 5) is 14.0. The van der Waals surface area contributed by atoms with E-state index < -0.39 is 0 Å². The van der Waals surface area contributed by atoms with E-state index >= 15 is 0 Å². The molecule has 6 heteroatoms. The Morgan fingerprint density at radius 2 is 2.17 bits per heavy atom. The van der Waals surface area contributed by atoms with Gasteiger partial charge in [0.2, 0.25) is 0 Å². The number of thiazole rings is 1. The molecule has 2 fully saturated rings. The maximum atomic E-state index is 5.73. The number of anilines is 1. The number of pyridine rings is 1. The van der Waals surface area contributed by atoms with Gasteiger partial charge in [-0.3, -0.25) is 9.88 Å². The van der Waals surface area contributed by atoms with Gasteiger partial charge in [0, 0.05) is 44.0 Å². The molecule has 1 atom stereocenters. The number of aromatic nitrogens is 2.